The van der Waals surface area contributed by atoms with Gasteiger partial charge in [-0.2, -0.15) is 0 Å². The maximum absolute atomic E-state index is 14.2. The highest BCUT2D eigenvalue weighted by atomic mass is 31.2. The van der Waals surface area contributed by atoms with E-state index in [2.05, 4.69) is 38.4 Å². The summed E-state index contributed by atoms with van der Waals surface area (Å²) in [6, 6.07) is 3.52. The van der Waals surface area contributed by atoms with Crippen LogP contribution in [-0.4, -0.2) is 139 Å². The molecule has 1 unspecified atom stereocenters. The first kappa shape index (κ1) is 55.6. The summed E-state index contributed by atoms with van der Waals surface area (Å²) in [4.78, 5) is 95.8. The Kier molecular flexibility index (Phi) is 23.9. The van der Waals surface area contributed by atoms with Crippen molar-refractivity contribution in [2.24, 2.45) is 11.7 Å². The summed E-state index contributed by atoms with van der Waals surface area (Å²) in [7, 11) is -4.89. The van der Waals surface area contributed by atoms with E-state index >= 15 is 0 Å². The summed E-state index contributed by atoms with van der Waals surface area (Å²) in [5.74, 6) is -4.87. The Morgan fingerprint density at radius 2 is 1.52 bits per heavy atom. The van der Waals surface area contributed by atoms with Crippen molar-refractivity contribution in [2.45, 2.75) is 154 Å². The zero-order chi connectivity index (χ0) is 48.8. The Morgan fingerprint density at radius 1 is 0.879 bits per heavy atom. The van der Waals surface area contributed by atoms with Crippen LogP contribution < -0.4 is 27.0 Å². The van der Waals surface area contributed by atoms with Crippen LogP contribution in [0.5, 0.6) is 0 Å². The topological polar surface area (TPSA) is 314 Å². The third-order valence-corrected chi connectivity index (χ3v) is 12.3. The van der Waals surface area contributed by atoms with Crippen LogP contribution in [0.1, 0.15) is 103 Å². The number of aromatic nitrogens is 2. The van der Waals surface area contributed by atoms with E-state index in [1.54, 1.807) is 12.5 Å². The molecular formula is C44H71N8O13P. The van der Waals surface area contributed by atoms with Gasteiger partial charge in [-0.05, 0) is 63.4 Å². The van der Waals surface area contributed by atoms with Gasteiger partial charge in [0, 0.05) is 38.3 Å². The van der Waals surface area contributed by atoms with E-state index < -0.39 is 99.6 Å². The molecule has 0 saturated carbocycles. The number of amides is 6. The highest BCUT2D eigenvalue weighted by Gasteiger charge is 2.38. The normalized spacial score (nSPS) is 17.5. The lowest BCUT2D eigenvalue weighted by molar-refractivity contribution is -0.139. The van der Waals surface area contributed by atoms with Crippen LogP contribution in [0, 0.1) is 5.92 Å². The number of nitrogens with two attached hydrogens (primary N) is 1. The number of primary amides is 1. The number of nitrogens with one attached hydrogen (secondary N) is 4. The molecule has 0 radical (unpaired) electrons. The number of phosphoric ester groups is 1. The van der Waals surface area contributed by atoms with Crippen LogP contribution in [0.3, 0.4) is 0 Å². The van der Waals surface area contributed by atoms with Gasteiger partial charge in [0.15, 0.2) is 0 Å². The predicted molar refractivity (Wildman–Crippen MR) is 242 cm³/mol. The number of aryl methyl sites for hydroxylation is 2. The number of carbonyl (C=O) groups excluding carboxylic acids is 6. The van der Waals surface area contributed by atoms with Gasteiger partial charge in [0.2, 0.25) is 35.4 Å². The van der Waals surface area contributed by atoms with Crippen molar-refractivity contribution in [2.75, 3.05) is 26.4 Å². The van der Waals surface area contributed by atoms with Gasteiger partial charge in [0.1, 0.15) is 30.2 Å². The third kappa shape index (κ3) is 19.2. The van der Waals surface area contributed by atoms with Crippen LogP contribution in [0.2, 0.25) is 0 Å². The molecule has 1 aromatic heterocycles. The second-order valence-electron chi connectivity index (χ2n) is 17.1. The highest BCUT2D eigenvalue weighted by Crippen LogP contribution is 2.45. The lowest BCUT2D eigenvalue weighted by Crippen LogP contribution is -2.61. The molecule has 370 valence electrons. The van der Waals surface area contributed by atoms with Gasteiger partial charge in [0.25, 0.3) is 0 Å². The van der Waals surface area contributed by atoms with E-state index in [9.17, 15) is 48.4 Å². The second-order valence-corrected chi connectivity index (χ2v) is 18.5. The lowest BCUT2D eigenvalue weighted by Gasteiger charge is -2.28. The molecule has 1 fully saturated rings. The summed E-state index contributed by atoms with van der Waals surface area (Å²) in [6.45, 7) is 5.04. The maximum Gasteiger partial charge on any atom is 0.472 e. The van der Waals surface area contributed by atoms with Crippen molar-refractivity contribution in [3.63, 3.8) is 0 Å². The van der Waals surface area contributed by atoms with Crippen LogP contribution in [-0.2, 0) is 61.8 Å². The quantitative estimate of drug-likeness (QED) is 0.0372. The molecule has 1 saturated heterocycles. The van der Waals surface area contributed by atoms with Gasteiger partial charge in [-0.3, -0.25) is 37.8 Å². The molecule has 10 N–H and O–H groups in total. The number of hydrogen-bond acceptors (Lipinski definition) is 13. The van der Waals surface area contributed by atoms with Gasteiger partial charge < -0.3 is 56.7 Å². The number of aliphatic hydroxyl groups is 3. The lowest BCUT2D eigenvalue weighted by atomic mass is 10.0. The number of phosphoric acid groups is 1. The van der Waals surface area contributed by atoms with Crippen LogP contribution in [0.25, 0.3) is 0 Å². The fourth-order valence-electron chi connectivity index (χ4n) is 7.60. The van der Waals surface area contributed by atoms with E-state index in [0.717, 1.165) is 51.9 Å². The first-order valence-corrected chi connectivity index (χ1v) is 24.2. The van der Waals surface area contributed by atoms with Crippen molar-refractivity contribution in [3.8, 4) is 0 Å². The van der Waals surface area contributed by atoms with Gasteiger partial charge >= 0.3 is 7.82 Å². The van der Waals surface area contributed by atoms with E-state index in [-0.39, 0.29) is 31.1 Å². The number of carbonyl (C=O) groups is 6. The van der Waals surface area contributed by atoms with Crippen LogP contribution >= 0.6 is 7.82 Å². The smallest absolute Gasteiger partial charge is 0.394 e. The van der Waals surface area contributed by atoms with Gasteiger partial charge in [-0.1, -0.05) is 69.9 Å². The number of unbranched alkanes of at least 4 members (excludes halogenated alkanes) is 5. The Bertz CT molecular complexity index is 1900. The van der Waals surface area contributed by atoms with E-state index in [0.29, 0.717) is 31.6 Å². The minimum absolute atomic E-state index is 0.0939. The van der Waals surface area contributed by atoms with E-state index in [4.69, 9.17) is 19.9 Å². The minimum Gasteiger partial charge on any atom is -0.394 e. The molecule has 3 rings (SSSR count). The van der Waals surface area contributed by atoms with Crippen molar-refractivity contribution in [3.05, 3.63) is 54.1 Å². The fourth-order valence-corrected chi connectivity index (χ4v) is 8.54. The molecule has 2 aromatic rings. The van der Waals surface area contributed by atoms with Crippen molar-refractivity contribution in [1.82, 2.24) is 35.7 Å². The number of hydrogen-bond donors (Lipinski definition) is 9. The summed E-state index contributed by atoms with van der Waals surface area (Å²) >= 11 is 0. The average molecular weight is 951 g/mol. The molecule has 2 heterocycles. The van der Waals surface area contributed by atoms with Crippen LogP contribution in [0.15, 0.2) is 42.9 Å². The van der Waals surface area contributed by atoms with Crippen molar-refractivity contribution in [1.29, 1.82) is 0 Å². The Balaban J connectivity index is 1.76. The molecule has 1 aliphatic rings. The standard InChI is InChI=1S/C44H71N8O13P/c1-29(2)23-35(48-44(61)38-18-14-21-52(38)31(4)55)41(58)47-36(24-33-25-46-28-51(33)20-13-8-6-5-7-10-15-32-16-11-9-12-17-32)42(59)49-37(27-54)43(60)50-39(40(45)57)30(3)65-66(62,63)64-22-19-34(56)26-53/h9,11-12,16-17,25,28-30,34-39,53-54,56H,5-8,10,13-15,18-24,26-27H2,1-4H3,(H2,45,57)(H,47,58)(H,48,61)(H,49,59)(H,50,60)(H,62,63)/t30-,34+,35+,36+,37+,38+,39+/m1/s1. The summed E-state index contributed by atoms with van der Waals surface area (Å²) in [5.41, 5.74) is 7.37. The van der Waals surface area contributed by atoms with Gasteiger partial charge in [-0.25, -0.2) is 9.55 Å². The summed E-state index contributed by atoms with van der Waals surface area (Å²) in [6.07, 6.45) is 8.32. The number of imidazole rings is 1. The third-order valence-electron chi connectivity index (χ3n) is 11.2. The molecule has 1 aliphatic heterocycles. The molecule has 1 aromatic carbocycles. The number of aliphatic hydroxyl groups excluding tert-OH is 3. The molecule has 6 amide bonds. The molecule has 0 aliphatic carbocycles. The second kappa shape index (κ2) is 28.4. The molecule has 0 bridgehead atoms. The molecule has 21 nitrogen and oxygen atoms in total. The number of likely N-dealkylation sites (tertiary alicyclic amines) is 1. The minimum atomic E-state index is -4.89. The zero-order valence-corrected chi connectivity index (χ0v) is 39.4. The Hall–Kier alpha value is -4.76. The average Bonchev–Trinajstić information content (AvgIpc) is 3.95. The Labute approximate surface area is 386 Å². The number of benzene rings is 1. The van der Waals surface area contributed by atoms with Crippen molar-refractivity contribution >= 4 is 43.3 Å². The SMILES string of the molecule is CC(=O)N1CCC[C@H]1C(=O)N[C@@H](CC(C)C)C(=O)N[C@@H](Cc1cncn1CCCCCCCCc1ccccc1)C(=O)N[C@@H](CO)C(=O)N[C@H](C(N)=O)[C@@H](C)OP(=O)(O)OCC[C@H](O)CO. The van der Waals surface area contributed by atoms with E-state index in [1.165, 1.54) is 17.4 Å². The monoisotopic (exact) mass is 950 g/mol. The van der Waals surface area contributed by atoms with Crippen molar-refractivity contribution < 1.29 is 62.6 Å². The highest BCUT2D eigenvalue weighted by molar-refractivity contribution is 7.47. The predicted octanol–water partition coefficient (Wildman–Crippen LogP) is 0.748. The van der Waals surface area contributed by atoms with E-state index in [1.807, 2.05) is 36.6 Å². The summed E-state index contributed by atoms with van der Waals surface area (Å²) in [5, 5.41) is 38.9. The molecular weight excluding hydrogens is 880 g/mol. The summed E-state index contributed by atoms with van der Waals surface area (Å²) < 4.78 is 24.2. The largest absolute Gasteiger partial charge is 0.472 e. The number of nitrogens with zero attached hydrogens (tertiary/aromatic N) is 3. The maximum atomic E-state index is 14.2. The molecule has 66 heavy (non-hydrogen) atoms. The molecule has 8 atom stereocenters. The Morgan fingerprint density at radius 3 is 2.15 bits per heavy atom. The first-order chi connectivity index (χ1) is 31.3. The molecule has 22 heteroatoms. The zero-order valence-electron chi connectivity index (χ0n) is 38.5. The first-order valence-electron chi connectivity index (χ1n) is 22.7. The van der Waals surface area contributed by atoms with Crippen LogP contribution in [0.4, 0.5) is 0 Å². The molecule has 0 spiro atoms. The fraction of sp³-hybridized carbons (Fsp3) is 0.659. The van der Waals surface area contributed by atoms with Gasteiger partial charge in [-0.15, -0.1) is 0 Å². The van der Waals surface area contributed by atoms with Gasteiger partial charge in [0.05, 0.1) is 38.4 Å². The number of rotatable bonds is 31.